The summed E-state index contributed by atoms with van der Waals surface area (Å²) in [4.78, 5) is 0. The second-order valence-corrected chi connectivity index (χ2v) is 4.37. The molecule has 0 saturated carbocycles. The molecular weight excluding hydrogens is 245 g/mol. The summed E-state index contributed by atoms with van der Waals surface area (Å²) in [7, 11) is 0. The first kappa shape index (κ1) is 13.5. The van der Waals surface area contributed by atoms with Crippen molar-refractivity contribution >= 4 is 0 Å². The fraction of sp³-hybridized carbons (Fsp3) is 0.200. The maximum atomic E-state index is 13.2. The van der Waals surface area contributed by atoms with Crippen molar-refractivity contribution in [1.82, 2.24) is 0 Å². The van der Waals surface area contributed by atoms with Gasteiger partial charge in [0.15, 0.2) is 0 Å². The third-order valence-corrected chi connectivity index (χ3v) is 2.80. The van der Waals surface area contributed by atoms with Gasteiger partial charge >= 0.3 is 0 Å². The smallest absolute Gasteiger partial charge is 0.132 e. The van der Waals surface area contributed by atoms with E-state index in [0.717, 1.165) is 5.56 Å². The van der Waals surface area contributed by atoms with Crippen LogP contribution >= 0.6 is 0 Å². The van der Waals surface area contributed by atoms with Gasteiger partial charge in [0, 0.05) is 11.6 Å². The van der Waals surface area contributed by atoms with Crippen LogP contribution < -0.4 is 10.5 Å². The number of nitrogens with two attached hydrogens (primary N) is 1. The molecule has 0 radical (unpaired) electrons. The van der Waals surface area contributed by atoms with E-state index in [0.29, 0.717) is 17.1 Å². The Morgan fingerprint density at radius 3 is 2.47 bits per heavy atom. The Morgan fingerprint density at radius 1 is 1.21 bits per heavy atom. The second-order valence-electron chi connectivity index (χ2n) is 4.37. The van der Waals surface area contributed by atoms with Crippen molar-refractivity contribution in [3.8, 4) is 11.5 Å². The molecule has 0 saturated heterocycles. The minimum atomic E-state index is -0.338. The molecule has 2 aromatic rings. The van der Waals surface area contributed by atoms with Crippen LogP contribution in [0.15, 0.2) is 42.5 Å². The number of hydrogen-bond donors (Lipinski definition) is 2. The average molecular weight is 261 g/mol. The molecule has 4 heteroatoms. The van der Waals surface area contributed by atoms with Gasteiger partial charge in [-0.1, -0.05) is 12.1 Å². The minimum Gasteiger partial charge on any atom is -0.457 e. The fourth-order valence-corrected chi connectivity index (χ4v) is 1.76. The lowest BCUT2D eigenvalue weighted by Crippen LogP contribution is -2.07. The number of aliphatic hydroxyl groups is 1. The molecule has 3 nitrogen and oxygen atoms in total. The standard InChI is InChI=1S/C15H16FNO2/c1-10(17)14-8-12(16)4-7-15(14)19-13-5-2-11(9-18)3-6-13/h2-8,10,18H,9,17H2,1H3/t10-/m1/s1. The maximum Gasteiger partial charge on any atom is 0.132 e. The molecule has 3 N–H and O–H groups in total. The molecule has 0 aliphatic carbocycles. The molecule has 0 unspecified atom stereocenters. The Bertz CT molecular complexity index is 553. The van der Waals surface area contributed by atoms with E-state index in [1.165, 1.54) is 12.1 Å². The van der Waals surface area contributed by atoms with Crippen LogP contribution in [0.3, 0.4) is 0 Å². The monoisotopic (exact) mass is 261 g/mol. The summed E-state index contributed by atoms with van der Waals surface area (Å²) in [6.07, 6.45) is 0. The Kier molecular flexibility index (Phi) is 4.14. The van der Waals surface area contributed by atoms with Crippen LogP contribution in [0.25, 0.3) is 0 Å². The molecule has 0 bridgehead atoms. The number of halogens is 1. The van der Waals surface area contributed by atoms with Crippen LogP contribution in [-0.2, 0) is 6.61 Å². The minimum absolute atomic E-state index is 0.0120. The zero-order valence-electron chi connectivity index (χ0n) is 10.6. The van der Waals surface area contributed by atoms with Crippen LogP contribution in [0.5, 0.6) is 11.5 Å². The molecule has 100 valence electrons. The summed E-state index contributed by atoms with van der Waals surface area (Å²) in [5.74, 6) is 0.814. The van der Waals surface area contributed by atoms with Crippen LogP contribution in [0.4, 0.5) is 4.39 Å². The van der Waals surface area contributed by atoms with Gasteiger partial charge in [0.25, 0.3) is 0 Å². The second kappa shape index (κ2) is 5.82. The van der Waals surface area contributed by atoms with E-state index >= 15 is 0 Å². The maximum absolute atomic E-state index is 13.2. The van der Waals surface area contributed by atoms with Gasteiger partial charge in [0.05, 0.1) is 6.61 Å². The lowest BCUT2D eigenvalue weighted by molar-refractivity contribution is 0.281. The van der Waals surface area contributed by atoms with E-state index in [1.54, 1.807) is 37.3 Å². The Labute approximate surface area is 111 Å². The summed E-state index contributed by atoms with van der Waals surface area (Å²) in [5, 5.41) is 8.97. The quantitative estimate of drug-likeness (QED) is 0.889. The molecule has 0 amide bonds. The topological polar surface area (TPSA) is 55.5 Å². The third kappa shape index (κ3) is 3.30. The summed E-state index contributed by atoms with van der Waals surface area (Å²) in [5.41, 5.74) is 7.22. The van der Waals surface area contributed by atoms with E-state index in [9.17, 15) is 4.39 Å². The van der Waals surface area contributed by atoms with Crippen molar-refractivity contribution < 1.29 is 14.2 Å². The highest BCUT2D eigenvalue weighted by atomic mass is 19.1. The number of benzene rings is 2. The first-order valence-corrected chi connectivity index (χ1v) is 6.03. The van der Waals surface area contributed by atoms with Crippen molar-refractivity contribution in [3.05, 3.63) is 59.4 Å². The zero-order valence-corrected chi connectivity index (χ0v) is 10.6. The van der Waals surface area contributed by atoms with Gasteiger partial charge in [0.1, 0.15) is 17.3 Å². The van der Waals surface area contributed by atoms with E-state index in [4.69, 9.17) is 15.6 Å². The van der Waals surface area contributed by atoms with Crippen molar-refractivity contribution in [2.24, 2.45) is 5.73 Å². The summed E-state index contributed by atoms with van der Waals surface area (Å²) < 4.78 is 18.9. The number of ether oxygens (including phenoxy) is 1. The Morgan fingerprint density at radius 2 is 1.89 bits per heavy atom. The van der Waals surface area contributed by atoms with Crippen molar-refractivity contribution in [3.63, 3.8) is 0 Å². The normalized spacial score (nSPS) is 12.2. The number of rotatable bonds is 4. The van der Waals surface area contributed by atoms with Crippen LogP contribution in [0.1, 0.15) is 24.1 Å². The van der Waals surface area contributed by atoms with Crippen molar-refractivity contribution in [1.29, 1.82) is 0 Å². The summed E-state index contributed by atoms with van der Waals surface area (Å²) >= 11 is 0. The molecule has 1 atom stereocenters. The van der Waals surface area contributed by atoms with E-state index in [1.807, 2.05) is 0 Å². The Balaban J connectivity index is 2.26. The highest BCUT2D eigenvalue weighted by molar-refractivity contribution is 5.40. The highest BCUT2D eigenvalue weighted by Crippen LogP contribution is 2.29. The van der Waals surface area contributed by atoms with E-state index in [2.05, 4.69) is 0 Å². The van der Waals surface area contributed by atoms with Crippen LogP contribution in [0, 0.1) is 5.82 Å². The lowest BCUT2D eigenvalue weighted by Gasteiger charge is -2.14. The molecular formula is C15H16FNO2. The highest BCUT2D eigenvalue weighted by Gasteiger charge is 2.10. The predicted octanol–water partition coefficient (Wildman–Crippen LogP) is 3.13. The van der Waals surface area contributed by atoms with Crippen molar-refractivity contribution in [2.45, 2.75) is 19.6 Å². The SMILES string of the molecule is C[C@@H](N)c1cc(F)ccc1Oc1ccc(CO)cc1. The Hall–Kier alpha value is -1.91. The zero-order chi connectivity index (χ0) is 13.8. The van der Waals surface area contributed by atoms with Gasteiger partial charge in [0.2, 0.25) is 0 Å². The van der Waals surface area contributed by atoms with Gasteiger partial charge in [-0.15, -0.1) is 0 Å². The molecule has 2 rings (SSSR count). The molecule has 0 aliphatic rings. The lowest BCUT2D eigenvalue weighted by atomic mass is 10.1. The average Bonchev–Trinajstić information content (AvgIpc) is 2.41. The van der Waals surface area contributed by atoms with E-state index < -0.39 is 0 Å². The first-order valence-electron chi connectivity index (χ1n) is 6.03. The summed E-state index contributed by atoms with van der Waals surface area (Å²) in [6.45, 7) is 1.76. The molecule has 19 heavy (non-hydrogen) atoms. The molecule has 0 fully saturated rings. The molecule has 0 spiro atoms. The largest absolute Gasteiger partial charge is 0.457 e. The first-order chi connectivity index (χ1) is 9.10. The molecule has 0 aliphatic heterocycles. The van der Waals surface area contributed by atoms with Gasteiger partial charge in [-0.3, -0.25) is 0 Å². The van der Waals surface area contributed by atoms with Gasteiger partial charge in [-0.05, 0) is 42.8 Å². The van der Waals surface area contributed by atoms with Crippen LogP contribution in [0.2, 0.25) is 0 Å². The number of hydrogen-bond acceptors (Lipinski definition) is 3. The molecule has 0 heterocycles. The van der Waals surface area contributed by atoms with Gasteiger partial charge < -0.3 is 15.6 Å². The van der Waals surface area contributed by atoms with Gasteiger partial charge in [-0.2, -0.15) is 0 Å². The number of aliphatic hydroxyl groups excluding tert-OH is 1. The third-order valence-electron chi connectivity index (χ3n) is 2.80. The van der Waals surface area contributed by atoms with Crippen LogP contribution in [-0.4, -0.2) is 5.11 Å². The predicted molar refractivity (Wildman–Crippen MR) is 71.4 cm³/mol. The summed E-state index contributed by atoms with van der Waals surface area (Å²) in [6, 6.07) is 11.0. The van der Waals surface area contributed by atoms with Crippen molar-refractivity contribution in [2.75, 3.05) is 0 Å². The van der Waals surface area contributed by atoms with E-state index in [-0.39, 0.29) is 18.5 Å². The molecule has 0 aromatic heterocycles. The van der Waals surface area contributed by atoms with Gasteiger partial charge in [-0.25, -0.2) is 4.39 Å². The molecule has 2 aromatic carbocycles. The fourth-order valence-electron chi connectivity index (χ4n) is 1.76.